The van der Waals surface area contributed by atoms with Crippen LogP contribution >= 0.6 is 23.4 Å². The monoisotopic (exact) mass is 450 g/mol. The van der Waals surface area contributed by atoms with Crippen LogP contribution in [0.1, 0.15) is 27.5 Å². The Hall–Kier alpha value is -1.78. The molecule has 0 N–H and O–H groups in total. The third-order valence-corrected chi connectivity index (χ3v) is 7.72. The van der Waals surface area contributed by atoms with E-state index in [0.29, 0.717) is 0 Å². The molecular formula is C27H31ClN2S. The summed E-state index contributed by atoms with van der Waals surface area (Å²) < 4.78 is 0. The highest BCUT2D eigenvalue weighted by Gasteiger charge is 2.20. The molecule has 0 unspecified atom stereocenters. The molecule has 1 aliphatic rings. The number of rotatable bonds is 8. The van der Waals surface area contributed by atoms with Gasteiger partial charge < -0.3 is 0 Å². The molecule has 31 heavy (non-hydrogen) atoms. The lowest BCUT2D eigenvalue weighted by atomic mass is 10.0. The van der Waals surface area contributed by atoms with Gasteiger partial charge in [-0.1, -0.05) is 84.4 Å². The maximum Gasteiger partial charge on any atom is 0.0561 e. The van der Waals surface area contributed by atoms with E-state index >= 15 is 0 Å². The van der Waals surface area contributed by atoms with E-state index in [1.807, 2.05) is 23.9 Å². The van der Waals surface area contributed by atoms with Crippen molar-refractivity contribution in [3.8, 4) is 0 Å². The summed E-state index contributed by atoms with van der Waals surface area (Å²) >= 11 is 8.56. The number of hydrogen-bond acceptors (Lipinski definition) is 3. The summed E-state index contributed by atoms with van der Waals surface area (Å²) in [5.41, 5.74) is 5.39. The van der Waals surface area contributed by atoms with Crippen LogP contribution in [0.3, 0.4) is 0 Å². The molecule has 1 aliphatic heterocycles. The molecule has 0 aliphatic carbocycles. The van der Waals surface area contributed by atoms with Crippen LogP contribution < -0.4 is 0 Å². The second-order valence-electron chi connectivity index (χ2n) is 8.23. The minimum atomic E-state index is 0.275. The van der Waals surface area contributed by atoms with Crippen molar-refractivity contribution in [3.63, 3.8) is 0 Å². The minimum Gasteiger partial charge on any atom is -0.300 e. The SMILES string of the molecule is Cc1ccccc1CN1CCN(CCS[C@H](c2ccccc2)c2ccccc2Cl)CC1. The highest BCUT2D eigenvalue weighted by atomic mass is 35.5. The Morgan fingerprint density at radius 2 is 1.45 bits per heavy atom. The van der Waals surface area contributed by atoms with Gasteiger partial charge in [0.15, 0.2) is 0 Å². The van der Waals surface area contributed by atoms with Crippen LogP contribution in [0.15, 0.2) is 78.9 Å². The Labute approximate surface area is 196 Å². The molecule has 4 heteroatoms. The summed E-state index contributed by atoms with van der Waals surface area (Å²) in [5.74, 6) is 1.10. The summed E-state index contributed by atoms with van der Waals surface area (Å²) in [6.45, 7) is 8.99. The van der Waals surface area contributed by atoms with Crippen LogP contribution in [0.2, 0.25) is 5.02 Å². The zero-order valence-corrected chi connectivity index (χ0v) is 19.8. The third kappa shape index (κ3) is 6.14. The van der Waals surface area contributed by atoms with Gasteiger partial charge in [-0.05, 0) is 35.2 Å². The minimum absolute atomic E-state index is 0.275. The molecule has 0 spiro atoms. The van der Waals surface area contributed by atoms with Gasteiger partial charge in [-0.3, -0.25) is 9.80 Å². The van der Waals surface area contributed by atoms with Crippen LogP contribution in [0.25, 0.3) is 0 Å². The number of aryl methyl sites for hydroxylation is 1. The Kier molecular flexibility index (Phi) is 8.09. The van der Waals surface area contributed by atoms with Crippen LogP contribution in [-0.4, -0.2) is 48.3 Å². The number of thioether (sulfide) groups is 1. The summed E-state index contributed by atoms with van der Waals surface area (Å²) in [6.07, 6.45) is 0. The van der Waals surface area contributed by atoms with Gasteiger partial charge in [0.2, 0.25) is 0 Å². The topological polar surface area (TPSA) is 6.48 Å². The largest absolute Gasteiger partial charge is 0.300 e. The van der Waals surface area contributed by atoms with Crippen molar-refractivity contribution in [2.75, 3.05) is 38.5 Å². The van der Waals surface area contributed by atoms with Gasteiger partial charge in [0.05, 0.1) is 5.25 Å². The fourth-order valence-electron chi connectivity index (χ4n) is 4.18. The molecule has 4 rings (SSSR count). The lowest BCUT2D eigenvalue weighted by Crippen LogP contribution is -2.46. The van der Waals surface area contributed by atoms with Gasteiger partial charge >= 0.3 is 0 Å². The standard InChI is InChI=1S/C27H31ClN2S/c1-22-9-5-6-12-24(22)21-30-17-15-29(16-18-30)19-20-31-27(23-10-3-2-4-11-23)25-13-7-8-14-26(25)28/h2-14,27H,15-21H2,1H3/t27-/m1/s1. The van der Waals surface area contributed by atoms with Crippen LogP contribution in [0.4, 0.5) is 0 Å². The van der Waals surface area contributed by atoms with E-state index < -0.39 is 0 Å². The van der Waals surface area contributed by atoms with E-state index in [2.05, 4.69) is 83.5 Å². The normalized spacial score (nSPS) is 16.3. The Bertz CT molecular complexity index is 954. The first-order valence-electron chi connectivity index (χ1n) is 11.1. The van der Waals surface area contributed by atoms with Crippen LogP contribution in [0, 0.1) is 6.92 Å². The highest BCUT2D eigenvalue weighted by Crippen LogP contribution is 2.38. The lowest BCUT2D eigenvalue weighted by Gasteiger charge is -2.35. The number of nitrogens with zero attached hydrogens (tertiary/aromatic N) is 2. The summed E-state index contributed by atoms with van der Waals surface area (Å²) in [7, 11) is 0. The van der Waals surface area contributed by atoms with Gasteiger partial charge in [-0.15, -0.1) is 11.8 Å². The molecule has 1 saturated heterocycles. The van der Waals surface area contributed by atoms with Gasteiger partial charge in [-0.2, -0.15) is 0 Å². The second-order valence-corrected chi connectivity index (χ2v) is 9.85. The first-order valence-corrected chi connectivity index (χ1v) is 12.5. The Balaban J connectivity index is 1.30. The van der Waals surface area contributed by atoms with Crippen molar-refractivity contribution in [1.82, 2.24) is 9.80 Å². The predicted molar refractivity (Wildman–Crippen MR) is 135 cm³/mol. The first-order chi connectivity index (χ1) is 15.2. The molecule has 3 aromatic rings. The average Bonchev–Trinajstić information content (AvgIpc) is 2.81. The molecule has 0 saturated carbocycles. The molecule has 0 amide bonds. The molecule has 162 valence electrons. The Morgan fingerprint density at radius 3 is 2.19 bits per heavy atom. The number of benzene rings is 3. The summed E-state index contributed by atoms with van der Waals surface area (Å²) in [5, 5.41) is 1.13. The van der Waals surface area contributed by atoms with E-state index in [4.69, 9.17) is 11.6 Å². The quantitative estimate of drug-likeness (QED) is 0.398. The van der Waals surface area contributed by atoms with Gasteiger partial charge in [0.1, 0.15) is 0 Å². The second kappa shape index (κ2) is 11.2. The number of piperazine rings is 1. The van der Waals surface area contributed by atoms with Crippen LogP contribution in [-0.2, 0) is 6.54 Å². The van der Waals surface area contributed by atoms with Crippen LogP contribution in [0.5, 0.6) is 0 Å². The smallest absolute Gasteiger partial charge is 0.0561 e. The molecular weight excluding hydrogens is 420 g/mol. The van der Waals surface area contributed by atoms with E-state index in [1.165, 1.54) is 22.3 Å². The zero-order valence-electron chi connectivity index (χ0n) is 18.2. The van der Waals surface area contributed by atoms with E-state index in [0.717, 1.165) is 50.0 Å². The van der Waals surface area contributed by atoms with Crippen molar-refractivity contribution in [3.05, 3.63) is 106 Å². The number of halogens is 1. The maximum absolute atomic E-state index is 6.56. The molecule has 3 aromatic carbocycles. The van der Waals surface area contributed by atoms with Gasteiger partial charge in [0, 0.05) is 50.0 Å². The molecule has 2 nitrogen and oxygen atoms in total. The molecule has 0 bridgehead atoms. The third-order valence-electron chi connectivity index (χ3n) is 6.10. The van der Waals surface area contributed by atoms with Crippen molar-refractivity contribution >= 4 is 23.4 Å². The van der Waals surface area contributed by atoms with Gasteiger partial charge in [0.25, 0.3) is 0 Å². The molecule has 1 fully saturated rings. The maximum atomic E-state index is 6.56. The van der Waals surface area contributed by atoms with Crippen molar-refractivity contribution in [2.45, 2.75) is 18.7 Å². The fraction of sp³-hybridized carbons (Fsp3) is 0.333. The van der Waals surface area contributed by atoms with Crippen molar-refractivity contribution in [1.29, 1.82) is 0 Å². The Morgan fingerprint density at radius 1 is 0.806 bits per heavy atom. The lowest BCUT2D eigenvalue weighted by molar-refractivity contribution is 0.132. The molecule has 0 aromatic heterocycles. The zero-order chi connectivity index (χ0) is 21.5. The van der Waals surface area contributed by atoms with E-state index in [9.17, 15) is 0 Å². The molecule has 0 radical (unpaired) electrons. The van der Waals surface area contributed by atoms with Crippen molar-refractivity contribution < 1.29 is 0 Å². The first kappa shape index (κ1) is 22.4. The summed E-state index contributed by atoms with van der Waals surface area (Å²) in [4.78, 5) is 5.19. The van der Waals surface area contributed by atoms with E-state index in [1.54, 1.807) is 0 Å². The summed E-state index contributed by atoms with van der Waals surface area (Å²) in [6, 6.07) is 27.8. The van der Waals surface area contributed by atoms with Crippen molar-refractivity contribution in [2.24, 2.45) is 0 Å². The highest BCUT2D eigenvalue weighted by molar-refractivity contribution is 7.99. The average molecular weight is 451 g/mol. The van der Waals surface area contributed by atoms with Gasteiger partial charge in [-0.25, -0.2) is 0 Å². The molecule has 1 atom stereocenters. The number of hydrogen-bond donors (Lipinski definition) is 0. The van der Waals surface area contributed by atoms with E-state index in [-0.39, 0.29) is 5.25 Å². The molecule has 1 heterocycles. The predicted octanol–water partition coefficient (Wildman–Crippen LogP) is 6.29. The fourth-order valence-corrected chi connectivity index (χ4v) is 5.82.